The standard InChI is InChI=1S/C30H19BrCl3F3N2O4S/c1-2-42-28(41)23-24(16-5-9-19(33)10-6-16)39-27(40)22(44-29(39)38-26(23)30(35,36)37)12-17-11-20(34)13-21(31)25(17)43-14-15-3-7-18(32)8-4-15/h3-13,24H,2,14H2,1H3/b22-12-/t24-/m0/s1. The van der Waals surface area contributed by atoms with Gasteiger partial charge < -0.3 is 9.47 Å². The van der Waals surface area contributed by atoms with E-state index in [1.807, 2.05) is 0 Å². The number of hydrogen-bond donors (Lipinski definition) is 0. The van der Waals surface area contributed by atoms with E-state index in [-0.39, 0.29) is 28.1 Å². The van der Waals surface area contributed by atoms with Crippen LogP contribution < -0.4 is 19.6 Å². The summed E-state index contributed by atoms with van der Waals surface area (Å²) in [6.07, 6.45) is -3.57. The van der Waals surface area contributed by atoms with E-state index in [4.69, 9.17) is 44.3 Å². The first-order valence-corrected chi connectivity index (χ1v) is 15.5. The van der Waals surface area contributed by atoms with Crippen LogP contribution in [0.2, 0.25) is 15.1 Å². The molecule has 5 rings (SSSR count). The highest BCUT2D eigenvalue weighted by molar-refractivity contribution is 9.10. The SMILES string of the molecule is CCOC(=O)C1=C(C(F)(F)F)N=c2s/c(=C\c3cc(Cl)cc(Br)c3OCc3ccc(Cl)cc3)c(=O)n2[C@H]1c1ccc(Cl)cc1. The fourth-order valence-electron chi connectivity index (χ4n) is 4.52. The van der Waals surface area contributed by atoms with Gasteiger partial charge in [0, 0.05) is 20.6 Å². The lowest BCUT2D eigenvalue weighted by atomic mass is 9.95. The van der Waals surface area contributed by atoms with Gasteiger partial charge in [-0.25, -0.2) is 9.79 Å². The van der Waals surface area contributed by atoms with Crippen LogP contribution in [0.15, 0.2) is 86.2 Å². The first kappa shape index (κ1) is 32.3. The lowest BCUT2D eigenvalue weighted by Gasteiger charge is -2.26. The van der Waals surface area contributed by atoms with Crippen LogP contribution in [0.3, 0.4) is 0 Å². The molecule has 0 saturated carbocycles. The van der Waals surface area contributed by atoms with Gasteiger partial charge in [-0.1, -0.05) is 70.4 Å². The monoisotopic (exact) mass is 744 g/mol. The number of hydrogen-bond acceptors (Lipinski definition) is 6. The number of esters is 1. The van der Waals surface area contributed by atoms with E-state index in [1.54, 1.807) is 36.4 Å². The molecule has 1 aliphatic rings. The summed E-state index contributed by atoms with van der Waals surface area (Å²) >= 11 is 22.5. The van der Waals surface area contributed by atoms with Crippen molar-refractivity contribution >= 4 is 74.1 Å². The van der Waals surface area contributed by atoms with Gasteiger partial charge in [0.2, 0.25) is 0 Å². The Kier molecular flexibility index (Phi) is 9.62. The van der Waals surface area contributed by atoms with Crippen molar-refractivity contribution in [3.63, 3.8) is 0 Å². The summed E-state index contributed by atoms with van der Waals surface area (Å²) in [5, 5.41) is 1.20. The molecule has 0 aliphatic carbocycles. The molecule has 0 amide bonds. The predicted molar refractivity (Wildman–Crippen MR) is 167 cm³/mol. The molecule has 6 nitrogen and oxygen atoms in total. The molecular formula is C30H19BrCl3F3N2O4S. The van der Waals surface area contributed by atoms with Crippen molar-refractivity contribution in [2.75, 3.05) is 6.61 Å². The van der Waals surface area contributed by atoms with Gasteiger partial charge in [0.1, 0.15) is 12.4 Å². The molecule has 0 fully saturated rings. The van der Waals surface area contributed by atoms with Crippen molar-refractivity contribution in [3.05, 3.63) is 128 Å². The van der Waals surface area contributed by atoms with Gasteiger partial charge in [-0.15, -0.1) is 0 Å². The third-order valence-electron chi connectivity index (χ3n) is 6.40. The zero-order chi connectivity index (χ0) is 31.8. The predicted octanol–water partition coefficient (Wildman–Crippen LogP) is 7.64. The number of benzene rings is 3. The largest absolute Gasteiger partial charge is 0.487 e. The Hall–Kier alpha value is -3.09. The minimum Gasteiger partial charge on any atom is -0.487 e. The number of carbonyl (C=O) groups excluding carboxylic acids is 1. The molecule has 228 valence electrons. The smallest absolute Gasteiger partial charge is 0.434 e. The highest BCUT2D eigenvalue weighted by Crippen LogP contribution is 2.39. The van der Waals surface area contributed by atoms with Gasteiger partial charge in [-0.3, -0.25) is 9.36 Å². The molecule has 0 saturated heterocycles. The van der Waals surface area contributed by atoms with E-state index >= 15 is 0 Å². The second-order valence-corrected chi connectivity index (χ2v) is 12.5. The molecular weight excluding hydrogens is 728 g/mol. The molecule has 44 heavy (non-hydrogen) atoms. The average Bonchev–Trinajstić information content (AvgIpc) is 3.27. The fraction of sp³-hybridized carbons (Fsp3) is 0.167. The van der Waals surface area contributed by atoms with Crippen LogP contribution in [0.4, 0.5) is 13.2 Å². The summed E-state index contributed by atoms with van der Waals surface area (Å²) in [4.78, 5) is 30.5. The van der Waals surface area contributed by atoms with E-state index < -0.39 is 35.0 Å². The summed E-state index contributed by atoms with van der Waals surface area (Å²) in [6.45, 7) is 1.43. The number of thiazole rings is 1. The van der Waals surface area contributed by atoms with E-state index in [1.165, 1.54) is 37.3 Å². The summed E-state index contributed by atoms with van der Waals surface area (Å²) in [5.41, 5.74) is -1.53. The molecule has 0 bridgehead atoms. The summed E-state index contributed by atoms with van der Waals surface area (Å²) in [5.74, 6) is -0.901. The second kappa shape index (κ2) is 13.1. The zero-order valence-corrected chi connectivity index (χ0v) is 27.1. The van der Waals surface area contributed by atoms with Crippen molar-refractivity contribution in [1.82, 2.24) is 4.57 Å². The number of aromatic nitrogens is 1. The molecule has 1 aliphatic heterocycles. The minimum absolute atomic E-state index is 0.0276. The lowest BCUT2D eigenvalue weighted by Crippen LogP contribution is -2.41. The molecule has 2 heterocycles. The Labute approximate surface area is 275 Å². The third-order valence-corrected chi connectivity index (χ3v) is 8.69. The fourth-order valence-corrected chi connectivity index (χ4v) is 6.71. The lowest BCUT2D eigenvalue weighted by molar-refractivity contribution is -0.140. The van der Waals surface area contributed by atoms with Crippen molar-refractivity contribution in [3.8, 4) is 5.75 Å². The topological polar surface area (TPSA) is 69.9 Å². The summed E-state index contributed by atoms with van der Waals surface area (Å²) in [7, 11) is 0. The van der Waals surface area contributed by atoms with Gasteiger partial charge in [0.05, 0.1) is 27.2 Å². The second-order valence-electron chi connectivity index (χ2n) is 9.34. The maximum Gasteiger partial charge on any atom is 0.434 e. The first-order chi connectivity index (χ1) is 20.9. The minimum atomic E-state index is -5.03. The summed E-state index contributed by atoms with van der Waals surface area (Å²) < 4.78 is 55.7. The van der Waals surface area contributed by atoms with Crippen LogP contribution >= 0.6 is 62.1 Å². The van der Waals surface area contributed by atoms with E-state index in [0.29, 0.717) is 30.9 Å². The number of allylic oxidation sites excluding steroid dienone is 1. The Morgan fingerprint density at radius 2 is 1.68 bits per heavy atom. The number of ether oxygens (including phenoxy) is 2. The quantitative estimate of drug-likeness (QED) is 0.183. The highest BCUT2D eigenvalue weighted by atomic mass is 79.9. The van der Waals surface area contributed by atoms with Crippen LogP contribution in [0.25, 0.3) is 6.08 Å². The van der Waals surface area contributed by atoms with Crippen LogP contribution in [0.1, 0.15) is 29.7 Å². The summed E-state index contributed by atoms with van der Waals surface area (Å²) in [6, 6.07) is 14.5. The maximum absolute atomic E-state index is 14.4. The Bertz CT molecular complexity index is 1960. The number of alkyl halides is 3. The molecule has 4 aromatic rings. The van der Waals surface area contributed by atoms with Crippen molar-refractivity contribution < 1.29 is 27.4 Å². The molecule has 3 aromatic carbocycles. The van der Waals surface area contributed by atoms with Crippen molar-refractivity contribution in [1.29, 1.82) is 0 Å². The van der Waals surface area contributed by atoms with Crippen LogP contribution in [-0.4, -0.2) is 23.3 Å². The van der Waals surface area contributed by atoms with Crippen LogP contribution in [0, 0.1) is 0 Å². The van der Waals surface area contributed by atoms with E-state index in [2.05, 4.69) is 20.9 Å². The van der Waals surface area contributed by atoms with Gasteiger partial charge in [0.25, 0.3) is 5.56 Å². The van der Waals surface area contributed by atoms with Crippen LogP contribution in [-0.2, 0) is 16.1 Å². The molecule has 1 atom stereocenters. The van der Waals surface area contributed by atoms with E-state index in [0.717, 1.165) is 21.5 Å². The molecule has 0 radical (unpaired) electrons. The Morgan fingerprint density at radius 1 is 1.05 bits per heavy atom. The van der Waals surface area contributed by atoms with Crippen LogP contribution in [0.5, 0.6) is 5.75 Å². The van der Waals surface area contributed by atoms with Gasteiger partial charge >= 0.3 is 12.1 Å². The maximum atomic E-state index is 14.4. The van der Waals surface area contributed by atoms with E-state index in [9.17, 15) is 22.8 Å². The van der Waals surface area contributed by atoms with Gasteiger partial charge in [-0.2, -0.15) is 13.2 Å². The normalized spacial score (nSPS) is 15.2. The number of fused-ring (bicyclic) bond motifs is 1. The molecule has 1 aromatic heterocycles. The zero-order valence-electron chi connectivity index (χ0n) is 22.4. The third kappa shape index (κ3) is 6.77. The van der Waals surface area contributed by atoms with Gasteiger partial charge in [-0.05, 0) is 76.5 Å². The Balaban J connectivity index is 1.71. The Morgan fingerprint density at radius 3 is 2.30 bits per heavy atom. The number of halogens is 7. The molecule has 0 spiro atoms. The number of nitrogens with zero attached hydrogens (tertiary/aromatic N) is 2. The molecule has 14 heteroatoms. The van der Waals surface area contributed by atoms with Crippen molar-refractivity contribution in [2.24, 2.45) is 4.99 Å². The van der Waals surface area contributed by atoms with Gasteiger partial charge in [0.15, 0.2) is 10.5 Å². The number of carbonyl (C=O) groups is 1. The first-order valence-electron chi connectivity index (χ1n) is 12.8. The average molecular weight is 747 g/mol. The highest BCUT2D eigenvalue weighted by Gasteiger charge is 2.45. The molecule has 0 unspecified atom stereocenters. The molecule has 0 N–H and O–H groups in total. The number of rotatable bonds is 7. The van der Waals surface area contributed by atoms with Crippen molar-refractivity contribution in [2.45, 2.75) is 25.7 Å².